The fraction of sp³-hybridized carbons (Fsp3) is 0.250. The minimum absolute atomic E-state index is 0.118. The van der Waals surface area contributed by atoms with Gasteiger partial charge in [-0.2, -0.15) is 0 Å². The van der Waals surface area contributed by atoms with Crippen molar-refractivity contribution in [3.05, 3.63) is 54.1 Å². The van der Waals surface area contributed by atoms with Gasteiger partial charge in [-0.3, -0.25) is 4.79 Å². The van der Waals surface area contributed by atoms with Gasteiger partial charge in [-0.15, -0.1) is 10.2 Å². The molecule has 0 atom stereocenters. The van der Waals surface area contributed by atoms with E-state index >= 15 is 0 Å². The molecule has 2 aromatic carbocycles. The standard InChI is InChI=1S/C20H23N5O2S/c1-13(2)16-6-4-5-7-17(16)22-18(26)12-28-20-24-23-19(25(20)21)14-8-10-15(27-3)11-9-14/h4-11,13H,12,21H2,1-3H3,(H,22,26). The number of nitrogens with two attached hydrogens (primary N) is 1. The zero-order chi connectivity index (χ0) is 20.1. The van der Waals surface area contributed by atoms with Crippen molar-refractivity contribution in [3.63, 3.8) is 0 Å². The van der Waals surface area contributed by atoms with Crippen molar-refractivity contribution in [2.75, 3.05) is 24.0 Å². The Labute approximate surface area is 168 Å². The number of thioether (sulfide) groups is 1. The lowest BCUT2D eigenvalue weighted by molar-refractivity contribution is -0.113. The van der Waals surface area contributed by atoms with Crippen molar-refractivity contribution in [1.29, 1.82) is 0 Å². The van der Waals surface area contributed by atoms with Gasteiger partial charge in [-0.1, -0.05) is 43.8 Å². The van der Waals surface area contributed by atoms with E-state index in [1.54, 1.807) is 7.11 Å². The summed E-state index contributed by atoms with van der Waals surface area (Å²) >= 11 is 1.24. The van der Waals surface area contributed by atoms with Crippen molar-refractivity contribution in [2.45, 2.75) is 24.9 Å². The number of nitrogen functional groups attached to an aromatic ring is 1. The molecule has 1 amide bonds. The molecule has 0 radical (unpaired) electrons. The molecule has 28 heavy (non-hydrogen) atoms. The highest BCUT2D eigenvalue weighted by Crippen LogP contribution is 2.25. The molecule has 3 aromatic rings. The van der Waals surface area contributed by atoms with Crippen LogP contribution in [0, 0.1) is 0 Å². The third-order valence-electron chi connectivity index (χ3n) is 4.20. The van der Waals surface area contributed by atoms with E-state index in [4.69, 9.17) is 10.6 Å². The summed E-state index contributed by atoms with van der Waals surface area (Å²) in [6, 6.07) is 15.2. The number of aromatic nitrogens is 3. The van der Waals surface area contributed by atoms with Crippen LogP contribution in [0.15, 0.2) is 53.7 Å². The van der Waals surface area contributed by atoms with Crippen LogP contribution in [0.4, 0.5) is 5.69 Å². The van der Waals surface area contributed by atoms with E-state index < -0.39 is 0 Å². The third kappa shape index (κ3) is 4.45. The van der Waals surface area contributed by atoms with Gasteiger partial charge in [-0.05, 0) is 41.8 Å². The lowest BCUT2D eigenvalue weighted by Gasteiger charge is -2.13. The number of amides is 1. The first-order chi connectivity index (χ1) is 13.5. The van der Waals surface area contributed by atoms with Crippen molar-refractivity contribution in [3.8, 4) is 17.1 Å². The molecule has 3 rings (SSSR count). The highest BCUT2D eigenvalue weighted by Gasteiger charge is 2.15. The van der Waals surface area contributed by atoms with Crippen LogP contribution in [0.3, 0.4) is 0 Å². The Morgan fingerprint density at radius 3 is 2.57 bits per heavy atom. The zero-order valence-electron chi connectivity index (χ0n) is 16.0. The maximum Gasteiger partial charge on any atom is 0.234 e. The summed E-state index contributed by atoms with van der Waals surface area (Å²) in [5.74, 6) is 7.78. The summed E-state index contributed by atoms with van der Waals surface area (Å²) in [4.78, 5) is 12.4. The van der Waals surface area contributed by atoms with Crippen LogP contribution in [0.5, 0.6) is 5.75 Å². The van der Waals surface area contributed by atoms with Gasteiger partial charge in [0.15, 0.2) is 5.82 Å². The Morgan fingerprint density at radius 2 is 1.89 bits per heavy atom. The van der Waals surface area contributed by atoms with Gasteiger partial charge in [0.25, 0.3) is 0 Å². The first kappa shape index (κ1) is 19.8. The van der Waals surface area contributed by atoms with Crippen molar-refractivity contribution < 1.29 is 9.53 Å². The molecular weight excluding hydrogens is 374 g/mol. The van der Waals surface area contributed by atoms with E-state index in [-0.39, 0.29) is 11.7 Å². The van der Waals surface area contributed by atoms with Crippen LogP contribution in [0.1, 0.15) is 25.3 Å². The Hall–Kier alpha value is -3.00. The van der Waals surface area contributed by atoms with Crippen LogP contribution in [0.2, 0.25) is 0 Å². The quantitative estimate of drug-likeness (QED) is 0.468. The van der Waals surface area contributed by atoms with E-state index in [2.05, 4.69) is 29.4 Å². The molecule has 0 aliphatic rings. The van der Waals surface area contributed by atoms with Gasteiger partial charge in [0.1, 0.15) is 5.75 Å². The summed E-state index contributed by atoms with van der Waals surface area (Å²) in [6.45, 7) is 4.19. The number of ether oxygens (including phenoxy) is 1. The van der Waals surface area contributed by atoms with Gasteiger partial charge >= 0.3 is 0 Å². The summed E-state index contributed by atoms with van der Waals surface area (Å²) in [5, 5.41) is 11.7. The van der Waals surface area contributed by atoms with Crippen LogP contribution in [0.25, 0.3) is 11.4 Å². The number of anilines is 1. The molecule has 8 heteroatoms. The third-order valence-corrected chi connectivity index (χ3v) is 5.15. The van der Waals surface area contributed by atoms with Crippen LogP contribution < -0.4 is 15.9 Å². The number of para-hydroxylation sites is 1. The van der Waals surface area contributed by atoms with Gasteiger partial charge in [0.2, 0.25) is 11.1 Å². The summed E-state index contributed by atoms with van der Waals surface area (Å²) < 4.78 is 6.55. The van der Waals surface area contributed by atoms with E-state index in [1.165, 1.54) is 16.4 Å². The number of rotatable bonds is 7. The molecule has 0 aliphatic carbocycles. The largest absolute Gasteiger partial charge is 0.497 e. The molecule has 0 bridgehead atoms. The Balaban J connectivity index is 1.65. The van der Waals surface area contributed by atoms with Crippen molar-refractivity contribution in [1.82, 2.24) is 14.9 Å². The normalized spacial score (nSPS) is 10.9. The molecule has 1 heterocycles. The Kier molecular flexibility index (Phi) is 6.20. The van der Waals surface area contributed by atoms with E-state index in [0.29, 0.717) is 16.9 Å². The molecule has 146 valence electrons. The number of nitrogens with zero attached hydrogens (tertiary/aromatic N) is 3. The average molecular weight is 398 g/mol. The fourth-order valence-electron chi connectivity index (χ4n) is 2.74. The minimum Gasteiger partial charge on any atom is -0.497 e. The molecule has 0 aliphatic heterocycles. The molecule has 1 aromatic heterocycles. The lowest BCUT2D eigenvalue weighted by atomic mass is 10.0. The number of carbonyl (C=O) groups excluding carboxylic acids is 1. The van der Waals surface area contributed by atoms with Crippen LogP contribution in [-0.2, 0) is 4.79 Å². The zero-order valence-corrected chi connectivity index (χ0v) is 16.9. The predicted molar refractivity (Wildman–Crippen MR) is 112 cm³/mol. The van der Waals surface area contributed by atoms with E-state index in [9.17, 15) is 4.79 Å². The number of benzene rings is 2. The first-order valence-corrected chi connectivity index (χ1v) is 9.84. The van der Waals surface area contributed by atoms with Gasteiger partial charge in [0.05, 0.1) is 12.9 Å². The molecule has 0 fully saturated rings. The molecule has 7 nitrogen and oxygen atoms in total. The van der Waals surface area contributed by atoms with Crippen molar-refractivity contribution >= 4 is 23.4 Å². The highest BCUT2D eigenvalue weighted by molar-refractivity contribution is 7.99. The number of methoxy groups -OCH3 is 1. The SMILES string of the molecule is COc1ccc(-c2nnc(SCC(=O)Nc3ccccc3C(C)C)n2N)cc1. The molecule has 0 saturated heterocycles. The van der Waals surface area contributed by atoms with Crippen LogP contribution in [-0.4, -0.2) is 33.6 Å². The van der Waals surface area contributed by atoms with Gasteiger partial charge in [0, 0.05) is 11.3 Å². The number of nitrogens with one attached hydrogen (secondary N) is 1. The Bertz CT molecular complexity index is 953. The summed E-state index contributed by atoms with van der Waals surface area (Å²) in [5.41, 5.74) is 2.75. The fourth-order valence-corrected chi connectivity index (χ4v) is 3.40. The maximum atomic E-state index is 12.4. The highest BCUT2D eigenvalue weighted by atomic mass is 32.2. The molecule has 0 unspecified atom stereocenters. The average Bonchev–Trinajstić information content (AvgIpc) is 3.07. The summed E-state index contributed by atoms with van der Waals surface area (Å²) in [6.07, 6.45) is 0. The maximum absolute atomic E-state index is 12.4. The van der Waals surface area contributed by atoms with Gasteiger partial charge in [-0.25, -0.2) is 4.68 Å². The molecule has 3 N–H and O–H groups in total. The lowest BCUT2D eigenvalue weighted by Crippen LogP contribution is -2.17. The second kappa shape index (κ2) is 8.79. The first-order valence-electron chi connectivity index (χ1n) is 8.86. The number of carbonyl (C=O) groups is 1. The topological polar surface area (TPSA) is 95.1 Å². The molecule has 0 saturated carbocycles. The van der Waals surface area contributed by atoms with E-state index in [0.717, 1.165) is 22.6 Å². The predicted octanol–water partition coefficient (Wildman–Crippen LogP) is 3.52. The van der Waals surface area contributed by atoms with Gasteiger partial charge < -0.3 is 15.9 Å². The molecular formula is C20H23N5O2S. The second-order valence-electron chi connectivity index (χ2n) is 6.48. The monoisotopic (exact) mass is 397 g/mol. The number of hydrogen-bond acceptors (Lipinski definition) is 6. The second-order valence-corrected chi connectivity index (χ2v) is 7.43. The van der Waals surface area contributed by atoms with E-state index in [1.807, 2.05) is 48.5 Å². The van der Waals surface area contributed by atoms with Crippen molar-refractivity contribution in [2.24, 2.45) is 0 Å². The minimum atomic E-state index is -0.118. The van der Waals surface area contributed by atoms with Crippen LogP contribution >= 0.6 is 11.8 Å². The molecule has 0 spiro atoms. The Morgan fingerprint density at radius 1 is 1.18 bits per heavy atom. The summed E-state index contributed by atoms with van der Waals surface area (Å²) in [7, 11) is 1.61. The number of hydrogen-bond donors (Lipinski definition) is 2. The smallest absolute Gasteiger partial charge is 0.234 e.